The van der Waals surface area contributed by atoms with Gasteiger partial charge in [0.05, 0.1) is 6.54 Å². The van der Waals surface area contributed by atoms with Gasteiger partial charge in [-0.25, -0.2) is 4.79 Å². The summed E-state index contributed by atoms with van der Waals surface area (Å²) in [6, 6.07) is -1.17. The van der Waals surface area contributed by atoms with Gasteiger partial charge >= 0.3 is 12.0 Å². The summed E-state index contributed by atoms with van der Waals surface area (Å²) in [6.07, 6.45) is 1.88. The highest BCUT2D eigenvalue weighted by molar-refractivity contribution is 5.95. The van der Waals surface area contributed by atoms with Crippen LogP contribution in [0.1, 0.15) is 19.8 Å². The van der Waals surface area contributed by atoms with Crippen LogP contribution in [0.2, 0.25) is 0 Å². The molecule has 0 saturated heterocycles. The van der Waals surface area contributed by atoms with E-state index in [-0.39, 0.29) is 12.6 Å². The van der Waals surface area contributed by atoms with E-state index < -0.39 is 23.9 Å². The highest BCUT2D eigenvalue weighted by Gasteiger charge is 2.23. The smallest absolute Gasteiger partial charge is 0.321 e. The van der Waals surface area contributed by atoms with Crippen LogP contribution in [0.25, 0.3) is 0 Å². The number of carbonyl (C=O) groups is 3. The minimum absolute atomic E-state index is 0.179. The first-order valence-corrected chi connectivity index (χ1v) is 5.05. The van der Waals surface area contributed by atoms with E-state index >= 15 is 0 Å². The van der Waals surface area contributed by atoms with Crippen LogP contribution in [0.15, 0.2) is 0 Å². The zero-order chi connectivity index (χ0) is 12.1. The normalized spacial score (nSPS) is 16.3. The van der Waals surface area contributed by atoms with Gasteiger partial charge in [0.2, 0.25) is 5.91 Å². The van der Waals surface area contributed by atoms with Crippen molar-refractivity contribution >= 4 is 17.9 Å². The van der Waals surface area contributed by atoms with Gasteiger partial charge in [0.15, 0.2) is 0 Å². The van der Waals surface area contributed by atoms with Gasteiger partial charge < -0.3 is 10.4 Å². The molecule has 90 valence electrons. The van der Waals surface area contributed by atoms with Gasteiger partial charge in [-0.15, -0.1) is 0 Å². The fraction of sp³-hybridized carbons (Fsp3) is 0.667. The minimum atomic E-state index is -1.05. The molecule has 0 spiro atoms. The lowest BCUT2D eigenvalue weighted by atomic mass is 10.3. The number of nitrogens with one attached hydrogen (secondary N) is 3. The minimum Gasteiger partial charge on any atom is -0.480 e. The molecule has 1 aliphatic carbocycles. The maximum Gasteiger partial charge on any atom is 0.321 e. The van der Waals surface area contributed by atoms with Crippen molar-refractivity contribution in [2.45, 2.75) is 31.8 Å². The van der Waals surface area contributed by atoms with Crippen LogP contribution in [0, 0.1) is 0 Å². The zero-order valence-electron chi connectivity index (χ0n) is 8.95. The summed E-state index contributed by atoms with van der Waals surface area (Å²) >= 11 is 0. The number of rotatable bonds is 5. The Balaban J connectivity index is 2.14. The number of aliphatic carboxylic acids is 1. The second kappa shape index (κ2) is 5.45. The predicted octanol–water partition coefficient (Wildman–Crippen LogP) is -0.963. The summed E-state index contributed by atoms with van der Waals surface area (Å²) in [6.45, 7) is 1.21. The summed E-state index contributed by atoms with van der Waals surface area (Å²) < 4.78 is 0. The second-order valence-corrected chi connectivity index (χ2v) is 3.74. The van der Waals surface area contributed by atoms with Gasteiger partial charge in [0, 0.05) is 6.04 Å². The predicted molar refractivity (Wildman–Crippen MR) is 54.8 cm³/mol. The molecule has 1 rings (SSSR count). The van der Waals surface area contributed by atoms with Gasteiger partial charge in [0.25, 0.3) is 0 Å². The Labute approximate surface area is 92.6 Å². The molecule has 4 N–H and O–H groups in total. The Morgan fingerprint density at radius 1 is 1.38 bits per heavy atom. The van der Waals surface area contributed by atoms with Crippen molar-refractivity contribution in [3.05, 3.63) is 0 Å². The molecule has 1 saturated carbocycles. The van der Waals surface area contributed by atoms with Crippen molar-refractivity contribution in [3.8, 4) is 0 Å². The molecule has 1 atom stereocenters. The standard InChI is InChI=1S/C9H15N3O4/c1-5(8(14)15)10-4-7(13)12-9(16)11-6-2-3-6/h5-6,10H,2-4H2,1H3,(H,14,15)(H2,11,12,13,16)/t5-/m0/s1. The zero-order valence-corrected chi connectivity index (χ0v) is 8.95. The number of hydrogen-bond donors (Lipinski definition) is 4. The van der Waals surface area contributed by atoms with E-state index in [1.807, 2.05) is 0 Å². The summed E-state index contributed by atoms with van der Waals surface area (Å²) in [5, 5.41) is 15.7. The molecule has 7 heteroatoms. The number of carboxylic acid groups (broad SMARTS) is 1. The van der Waals surface area contributed by atoms with Crippen molar-refractivity contribution < 1.29 is 19.5 Å². The molecule has 16 heavy (non-hydrogen) atoms. The van der Waals surface area contributed by atoms with E-state index in [1.165, 1.54) is 6.92 Å². The van der Waals surface area contributed by atoms with Crippen molar-refractivity contribution in [2.24, 2.45) is 0 Å². The Morgan fingerprint density at radius 3 is 2.50 bits per heavy atom. The van der Waals surface area contributed by atoms with Gasteiger partial charge in [-0.1, -0.05) is 0 Å². The van der Waals surface area contributed by atoms with E-state index in [2.05, 4.69) is 16.0 Å². The maximum absolute atomic E-state index is 11.2. The molecule has 0 heterocycles. The molecule has 0 radical (unpaired) electrons. The van der Waals surface area contributed by atoms with E-state index in [0.717, 1.165) is 12.8 Å². The molecular formula is C9H15N3O4. The second-order valence-electron chi connectivity index (χ2n) is 3.74. The topological polar surface area (TPSA) is 108 Å². The van der Waals surface area contributed by atoms with Crippen LogP contribution in [0.5, 0.6) is 0 Å². The molecule has 0 aromatic heterocycles. The van der Waals surface area contributed by atoms with Crippen LogP contribution < -0.4 is 16.0 Å². The third-order valence-electron chi connectivity index (χ3n) is 2.10. The van der Waals surface area contributed by atoms with Crippen molar-refractivity contribution in [3.63, 3.8) is 0 Å². The molecule has 3 amide bonds. The van der Waals surface area contributed by atoms with Crippen molar-refractivity contribution in [2.75, 3.05) is 6.54 Å². The Kier molecular flexibility index (Phi) is 4.24. The summed E-state index contributed by atoms with van der Waals surface area (Å²) in [5.74, 6) is -1.60. The lowest BCUT2D eigenvalue weighted by molar-refractivity contribution is -0.139. The van der Waals surface area contributed by atoms with Crippen LogP contribution >= 0.6 is 0 Å². The van der Waals surface area contributed by atoms with Crippen molar-refractivity contribution in [1.82, 2.24) is 16.0 Å². The van der Waals surface area contributed by atoms with Crippen molar-refractivity contribution in [1.29, 1.82) is 0 Å². The number of amides is 3. The maximum atomic E-state index is 11.2. The summed E-state index contributed by atoms with van der Waals surface area (Å²) in [4.78, 5) is 32.7. The third kappa shape index (κ3) is 4.74. The average molecular weight is 229 g/mol. The largest absolute Gasteiger partial charge is 0.480 e. The number of carbonyl (C=O) groups excluding carboxylic acids is 2. The Morgan fingerprint density at radius 2 is 2.00 bits per heavy atom. The molecule has 0 aliphatic heterocycles. The first kappa shape index (κ1) is 12.4. The number of hydrogen-bond acceptors (Lipinski definition) is 4. The number of urea groups is 1. The number of imide groups is 1. The molecule has 1 fully saturated rings. The highest BCUT2D eigenvalue weighted by Crippen LogP contribution is 2.18. The van der Waals surface area contributed by atoms with Crippen LogP contribution in [0.3, 0.4) is 0 Å². The van der Waals surface area contributed by atoms with E-state index in [0.29, 0.717) is 0 Å². The fourth-order valence-corrected chi connectivity index (χ4v) is 0.953. The SMILES string of the molecule is C[C@H](NCC(=O)NC(=O)NC1CC1)C(=O)O. The third-order valence-corrected chi connectivity index (χ3v) is 2.10. The first-order chi connectivity index (χ1) is 7.49. The number of carboxylic acids is 1. The molecule has 0 bridgehead atoms. The lowest BCUT2D eigenvalue weighted by Crippen LogP contribution is -2.46. The summed E-state index contributed by atoms with van der Waals surface area (Å²) in [7, 11) is 0. The molecule has 0 unspecified atom stereocenters. The average Bonchev–Trinajstić information content (AvgIpc) is 2.97. The van der Waals surface area contributed by atoms with E-state index in [1.54, 1.807) is 0 Å². The van der Waals surface area contributed by atoms with E-state index in [9.17, 15) is 14.4 Å². The van der Waals surface area contributed by atoms with Gasteiger partial charge in [-0.2, -0.15) is 0 Å². The Bertz CT molecular complexity index is 301. The molecule has 0 aromatic rings. The summed E-state index contributed by atoms with van der Waals surface area (Å²) in [5.41, 5.74) is 0. The van der Waals surface area contributed by atoms with Gasteiger partial charge in [-0.3, -0.25) is 20.2 Å². The molecule has 7 nitrogen and oxygen atoms in total. The fourth-order valence-electron chi connectivity index (χ4n) is 0.953. The van der Waals surface area contributed by atoms with Crippen LogP contribution in [-0.4, -0.2) is 41.6 Å². The van der Waals surface area contributed by atoms with Crippen LogP contribution in [0.4, 0.5) is 4.79 Å². The first-order valence-electron chi connectivity index (χ1n) is 5.05. The van der Waals surface area contributed by atoms with Gasteiger partial charge in [0.1, 0.15) is 6.04 Å². The van der Waals surface area contributed by atoms with Crippen LogP contribution in [-0.2, 0) is 9.59 Å². The highest BCUT2D eigenvalue weighted by atomic mass is 16.4. The van der Waals surface area contributed by atoms with E-state index in [4.69, 9.17) is 5.11 Å². The quantitative estimate of drug-likeness (QED) is 0.485. The molecule has 1 aliphatic rings. The Hall–Kier alpha value is -1.63. The molecule has 0 aromatic carbocycles. The monoisotopic (exact) mass is 229 g/mol. The van der Waals surface area contributed by atoms with Gasteiger partial charge in [-0.05, 0) is 19.8 Å². The molecular weight excluding hydrogens is 214 g/mol. The lowest BCUT2D eigenvalue weighted by Gasteiger charge is -2.09.